The molecule has 1 aromatic rings. The summed E-state index contributed by atoms with van der Waals surface area (Å²) in [5.41, 5.74) is 0.796. The molecule has 28 heavy (non-hydrogen) atoms. The molecule has 0 spiro atoms. The predicted octanol–water partition coefficient (Wildman–Crippen LogP) is 1.49. The minimum atomic E-state index is -0.644. The van der Waals surface area contributed by atoms with Crippen LogP contribution in [0.15, 0.2) is 24.3 Å². The van der Waals surface area contributed by atoms with E-state index in [1.54, 1.807) is 21.9 Å². The first-order valence-electron chi connectivity index (χ1n) is 10.2. The molecule has 3 aliphatic rings. The van der Waals surface area contributed by atoms with Gasteiger partial charge in [-0.15, -0.1) is 0 Å². The van der Waals surface area contributed by atoms with E-state index in [1.807, 2.05) is 0 Å². The van der Waals surface area contributed by atoms with Gasteiger partial charge in [-0.1, -0.05) is 31.4 Å². The first-order valence-corrected chi connectivity index (χ1v) is 10.2. The lowest BCUT2D eigenvalue weighted by Crippen LogP contribution is -2.70. The van der Waals surface area contributed by atoms with Crippen LogP contribution in [0.4, 0.5) is 4.39 Å². The normalized spacial score (nSPS) is 26.0. The van der Waals surface area contributed by atoms with E-state index >= 15 is 0 Å². The molecule has 7 heteroatoms. The summed E-state index contributed by atoms with van der Waals surface area (Å²) in [6, 6.07) is 4.70. The highest BCUT2D eigenvalue weighted by Gasteiger charge is 2.44. The number of nitrogens with one attached hydrogen (secondary N) is 1. The van der Waals surface area contributed by atoms with Gasteiger partial charge in [-0.25, -0.2) is 4.39 Å². The molecule has 3 amide bonds. The Kier molecular flexibility index (Phi) is 5.33. The van der Waals surface area contributed by atoms with Crippen LogP contribution in [0.3, 0.4) is 0 Å². The third kappa shape index (κ3) is 3.75. The number of nitrogens with zero attached hydrogens (tertiary/aromatic N) is 2. The van der Waals surface area contributed by atoms with Crippen molar-refractivity contribution in [1.29, 1.82) is 0 Å². The molecule has 3 fully saturated rings. The summed E-state index contributed by atoms with van der Waals surface area (Å²) in [6.45, 7) is 1.14. The molecule has 2 unspecified atom stereocenters. The molecule has 1 aliphatic carbocycles. The SMILES string of the molecule is O=C1NC(Cc2ccc(F)cc2)C(=O)N2CCN(C(=O)C3CCCCC3)CC12. The monoisotopic (exact) mass is 387 g/mol. The van der Waals surface area contributed by atoms with Crippen molar-refractivity contribution < 1.29 is 18.8 Å². The summed E-state index contributed by atoms with van der Waals surface area (Å²) in [4.78, 5) is 41.7. The zero-order chi connectivity index (χ0) is 19.7. The van der Waals surface area contributed by atoms with Gasteiger partial charge in [-0.2, -0.15) is 0 Å². The van der Waals surface area contributed by atoms with E-state index in [0.29, 0.717) is 19.5 Å². The summed E-state index contributed by atoms with van der Waals surface area (Å²) >= 11 is 0. The van der Waals surface area contributed by atoms with Gasteiger partial charge in [0.1, 0.15) is 17.9 Å². The van der Waals surface area contributed by atoms with Crippen molar-refractivity contribution in [1.82, 2.24) is 15.1 Å². The highest BCUT2D eigenvalue weighted by molar-refractivity contribution is 5.98. The molecule has 2 aliphatic heterocycles. The standard InChI is InChI=1S/C21H26FN3O3/c22-16-8-6-14(7-9-16)12-17-21(28)25-11-10-24(13-18(25)19(26)23-17)20(27)15-4-2-1-3-5-15/h6-9,15,17-18H,1-5,10-13H2,(H,23,26). The fourth-order valence-electron chi connectivity index (χ4n) is 4.60. The topological polar surface area (TPSA) is 69.7 Å². The van der Waals surface area contributed by atoms with Crippen molar-refractivity contribution in [2.45, 2.75) is 50.6 Å². The number of halogens is 1. The zero-order valence-electron chi connectivity index (χ0n) is 15.9. The molecular weight excluding hydrogens is 361 g/mol. The van der Waals surface area contributed by atoms with E-state index in [-0.39, 0.29) is 36.0 Å². The zero-order valence-corrected chi connectivity index (χ0v) is 15.9. The molecule has 0 bridgehead atoms. The third-order valence-corrected chi connectivity index (χ3v) is 6.20. The molecule has 2 heterocycles. The first-order chi connectivity index (χ1) is 13.5. The number of hydrogen-bond donors (Lipinski definition) is 1. The smallest absolute Gasteiger partial charge is 0.246 e. The summed E-state index contributed by atoms with van der Waals surface area (Å²) < 4.78 is 13.1. The lowest BCUT2D eigenvalue weighted by atomic mass is 9.88. The van der Waals surface area contributed by atoms with E-state index < -0.39 is 12.1 Å². The van der Waals surface area contributed by atoms with Crippen LogP contribution in [0, 0.1) is 11.7 Å². The molecule has 1 N–H and O–H groups in total. The molecule has 0 radical (unpaired) electrons. The molecular formula is C21H26FN3O3. The number of rotatable bonds is 3. The molecule has 6 nitrogen and oxygen atoms in total. The van der Waals surface area contributed by atoms with Crippen LogP contribution in [-0.4, -0.2) is 59.2 Å². The number of piperazine rings is 2. The summed E-state index contributed by atoms with van der Waals surface area (Å²) in [6.07, 6.45) is 5.54. The summed E-state index contributed by atoms with van der Waals surface area (Å²) in [5, 5.41) is 2.81. The van der Waals surface area contributed by atoms with Crippen molar-refractivity contribution in [3.05, 3.63) is 35.6 Å². The molecule has 150 valence electrons. The third-order valence-electron chi connectivity index (χ3n) is 6.20. The van der Waals surface area contributed by atoms with Crippen LogP contribution < -0.4 is 5.32 Å². The summed E-state index contributed by atoms with van der Waals surface area (Å²) in [7, 11) is 0. The highest BCUT2D eigenvalue weighted by Crippen LogP contribution is 2.27. The number of amides is 3. The van der Waals surface area contributed by atoms with Crippen LogP contribution in [-0.2, 0) is 20.8 Å². The Morgan fingerprint density at radius 2 is 1.79 bits per heavy atom. The van der Waals surface area contributed by atoms with E-state index in [4.69, 9.17) is 0 Å². The Morgan fingerprint density at radius 3 is 2.50 bits per heavy atom. The minimum Gasteiger partial charge on any atom is -0.342 e. The van der Waals surface area contributed by atoms with Crippen molar-refractivity contribution in [3.8, 4) is 0 Å². The average molecular weight is 387 g/mol. The Hall–Kier alpha value is -2.44. The van der Waals surface area contributed by atoms with Gasteiger partial charge >= 0.3 is 0 Å². The van der Waals surface area contributed by atoms with E-state index in [2.05, 4.69) is 5.32 Å². The predicted molar refractivity (Wildman–Crippen MR) is 101 cm³/mol. The molecule has 2 atom stereocenters. The van der Waals surface area contributed by atoms with Gasteiger partial charge in [-0.05, 0) is 30.5 Å². The average Bonchev–Trinajstić information content (AvgIpc) is 2.73. The van der Waals surface area contributed by atoms with Gasteiger partial charge in [0.25, 0.3) is 0 Å². The van der Waals surface area contributed by atoms with Gasteiger partial charge in [0, 0.05) is 25.4 Å². The van der Waals surface area contributed by atoms with Crippen molar-refractivity contribution in [2.24, 2.45) is 5.92 Å². The minimum absolute atomic E-state index is 0.0638. The van der Waals surface area contributed by atoms with Crippen LogP contribution >= 0.6 is 0 Å². The maximum absolute atomic E-state index is 13.1. The van der Waals surface area contributed by atoms with Crippen LogP contribution in [0.25, 0.3) is 0 Å². The van der Waals surface area contributed by atoms with Gasteiger partial charge < -0.3 is 15.1 Å². The van der Waals surface area contributed by atoms with Crippen LogP contribution in [0.1, 0.15) is 37.7 Å². The first kappa shape index (κ1) is 18.9. The summed E-state index contributed by atoms with van der Waals surface area (Å²) in [5.74, 6) is -0.477. The largest absolute Gasteiger partial charge is 0.342 e. The maximum Gasteiger partial charge on any atom is 0.246 e. The lowest BCUT2D eigenvalue weighted by Gasteiger charge is -2.46. The second-order valence-electron chi connectivity index (χ2n) is 8.06. The molecule has 0 aromatic heterocycles. The van der Waals surface area contributed by atoms with Crippen LogP contribution in [0.2, 0.25) is 0 Å². The Bertz CT molecular complexity index is 761. The van der Waals surface area contributed by atoms with Crippen LogP contribution in [0.5, 0.6) is 0 Å². The number of benzene rings is 1. The number of hydrogen-bond acceptors (Lipinski definition) is 3. The highest BCUT2D eigenvalue weighted by atomic mass is 19.1. The van der Waals surface area contributed by atoms with E-state index in [0.717, 1.165) is 31.2 Å². The van der Waals surface area contributed by atoms with Gasteiger partial charge in [0.2, 0.25) is 17.7 Å². The molecule has 1 aromatic carbocycles. The fraction of sp³-hybridized carbons (Fsp3) is 0.571. The quantitative estimate of drug-likeness (QED) is 0.854. The lowest BCUT2D eigenvalue weighted by molar-refractivity contribution is -0.156. The van der Waals surface area contributed by atoms with Gasteiger partial charge in [0.05, 0.1) is 6.54 Å². The Morgan fingerprint density at radius 1 is 1.07 bits per heavy atom. The number of carbonyl (C=O) groups excluding carboxylic acids is 3. The Balaban J connectivity index is 1.41. The second kappa shape index (κ2) is 7.89. The van der Waals surface area contributed by atoms with Crippen molar-refractivity contribution >= 4 is 17.7 Å². The van der Waals surface area contributed by atoms with E-state index in [9.17, 15) is 18.8 Å². The van der Waals surface area contributed by atoms with Gasteiger partial charge in [-0.3, -0.25) is 14.4 Å². The molecule has 2 saturated heterocycles. The Labute approximate surface area is 164 Å². The molecule has 4 rings (SSSR count). The number of carbonyl (C=O) groups is 3. The van der Waals surface area contributed by atoms with E-state index in [1.165, 1.54) is 18.6 Å². The molecule has 1 saturated carbocycles. The maximum atomic E-state index is 13.1. The van der Waals surface area contributed by atoms with Gasteiger partial charge in [0.15, 0.2) is 0 Å². The van der Waals surface area contributed by atoms with Crippen molar-refractivity contribution in [3.63, 3.8) is 0 Å². The fourth-order valence-corrected chi connectivity index (χ4v) is 4.60. The number of fused-ring (bicyclic) bond motifs is 1. The van der Waals surface area contributed by atoms with Crippen molar-refractivity contribution in [2.75, 3.05) is 19.6 Å². The second-order valence-corrected chi connectivity index (χ2v) is 8.06.